The van der Waals surface area contributed by atoms with E-state index in [1.807, 2.05) is 20.8 Å². The Bertz CT molecular complexity index is 256. The molecule has 0 fully saturated rings. The molecule has 0 rings (SSSR count). The summed E-state index contributed by atoms with van der Waals surface area (Å²) >= 11 is 0. The van der Waals surface area contributed by atoms with Gasteiger partial charge < -0.3 is 16.2 Å². The number of amides is 1. The fraction of sp³-hybridized carbons (Fsp3) is 0.833. The van der Waals surface area contributed by atoms with Gasteiger partial charge >= 0.3 is 5.97 Å². The Morgan fingerprint density at radius 2 is 1.94 bits per heavy atom. The van der Waals surface area contributed by atoms with Gasteiger partial charge in [0.05, 0.1) is 6.04 Å². The Morgan fingerprint density at radius 3 is 2.41 bits per heavy atom. The molecule has 0 aromatic rings. The second-order valence-corrected chi connectivity index (χ2v) is 4.61. The molecule has 100 valence electrons. The predicted molar refractivity (Wildman–Crippen MR) is 66.5 cm³/mol. The number of carbonyl (C=O) groups excluding carboxylic acids is 1. The van der Waals surface area contributed by atoms with Crippen molar-refractivity contribution in [3.8, 4) is 0 Å². The second-order valence-electron chi connectivity index (χ2n) is 4.61. The third kappa shape index (κ3) is 6.94. The first-order chi connectivity index (χ1) is 7.88. The van der Waals surface area contributed by atoms with E-state index >= 15 is 0 Å². The number of carbonyl (C=O) groups is 2. The molecule has 5 nitrogen and oxygen atoms in total. The number of nitrogens with one attached hydrogen (secondary N) is 1. The molecule has 3 atom stereocenters. The molecule has 0 saturated carbocycles. The van der Waals surface area contributed by atoms with Crippen molar-refractivity contribution in [3.63, 3.8) is 0 Å². The van der Waals surface area contributed by atoms with E-state index in [-0.39, 0.29) is 24.3 Å². The number of aliphatic carboxylic acids is 1. The first-order valence-electron chi connectivity index (χ1n) is 6.16. The van der Waals surface area contributed by atoms with Crippen LogP contribution in [0.1, 0.15) is 46.5 Å². The molecule has 0 spiro atoms. The molecule has 0 heterocycles. The SMILES string of the molecule is CCC(C)C(N)C(=O)NC(C)CCCC(=O)O. The minimum Gasteiger partial charge on any atom is -0.481 e. The van der Waals surface area contributed by atoms with Crippen LogP contribution in [-0.4, -0.2) is 29.1 Å². The van der Waals surface area contributed by atoms with E-state index in [0.717, 1.165) is 6.42 Å². The Hall–Kier alpha value is -1.10. The molecule has 0 aromatic heterocycles. The average Bonchev–Trinajstić information content (AvgIpc) is 2.26. The van der Waals surface area contributed by atoms with Crippen LogP contribution in [0, 0.1) is 5.92 Å². The fourth-order valence-electron chi connectivity index (χ4n) is 1.48. The van der Waals surface area contributed by atoms with E-state index < -0.39 is 12.0 Å². The molecular weight excluding hydrogens is 220 g/mol. The summed E-state index contributed by atoms with van der Waals surface area (Å²) in [5, 5.41) is 11.3. The van der Waals surface area contributed by atoms with Crippen LogP contribution in [0.15, 0.2) is 0 Å². The molecule has 0 radical (unpaired) electrons. The quantitative estimate of drug-likeness (QED) is 0.596. The minimum absolute atomic E-state index is 0.0306. The number of carboxylic acid groups (broad SMARTS) is 1. The van der Waals surface area contributed by atoms with Crippen LogP contribution in [0.2, 0.25) is 0 Å². The van der Waals surface area contributed by atoms with Crippen LogP contribution in [0.25, 0.3) is 0 Å². The van der Waals surface area contributed by atoms with E-state index in [4.69, 9.17) is 10.8 Å². The Balaban J connectivity index is 3.90. The topological polar surface area (TPSA) is 92.4 Å². The largest absolute Gasteiger partial charge is 0.481 e. The number of hydrogen-bond donors (Lipinski definition) is 3. The number of rotatable bonds is 8. The van der Waals surface area contributed by atoms with Gasteiger partial charge in [0.15, 0.2) is 0 Å². The summed E-state index contributed by atoms with van der Waals surface area (Å²) in [6.45, 7) is 5.80. The molecule has 0 aliphatic heterocycles. The fourth-order valence-corrected chi connectivity index (χ4v) is 1.48. The number of hydrogen-bond acceptors (Lipinski definition) is 3. The Kier molecular flexibility index (Phi) is 7.54. The van der Waals surface area contributed by atoms with Crippen LogP contribution in [0.3, 0.4) is 0 Å². The molecule has 0 aliphatic rings. The Labute approximate surface area is 103 Å². The van der Waals surface area contributed by atoms with Crippen molar-refractivity contribution in [2.24, 2.45) is 11.7 Å². The highest BCUT2D eigenvalue weighted by molar-refractivity contribution is 5.82. The Morgan fingerprint density at radius 1 is 1.35 bits per heavy atom. The lowest BCUT2D eigenvalue weighted by Crippen LogP contribution is -2.47. The van der Waals surface area contributed by atoms with Crippen molar-refractivity contribution in [1.29, 1.82) is 0 Å². The highest BCUT2D eigenvalue weighted by atomic mass is 16.4. The highest BCUT2D eigenvalue weighted by Gasteiger charge is 2.20. The van der Waals surface area contributed by atoms with Gasteiger partial charge in [-0.15, -0.1) is 0 Å². The van der Waals surface area contributed by atoms with Gasteiger partial charge in [-0.25, -0.2) is 0 Å². The van der Waals surface area contributed by atoms with Gasteiger partial charge in [0.25, 0.3) is 0 Å². The molecule has 0 saturated heterocycles. The number of nitrogens with two attached hydrogens (primary N) is 1. The van der Waals surface area contributed by atoms with Crippen molar-refractivity contribution in [2.45, 2.75) is 58.5 Å². The van der Waals surface area contributed by atoms with Gasteiger partial charge in [0.1, 0.15) is 0 Å². The van der Waals surface area contributed by atoms with Crippen molar-refractivity contribution in [3.05, 3.63) is 0 Å². The third-order valence-corrected chi connectivity index (χ3v) is 2.98. The van der Waals surface area contributed by atoms with Crippen LogP contribution in [0.5, 0.6) is 0 Å². The van der Waals surface area contributed by atoms with Crippen molar-refractivity contribution in [1.82, 2.24) is 5.32 Å². The summed E-state index contributed by atoms with van der Waals surface area (Å²) < 4.78 is 0. The first-order valence-corrected chi connectivity index (χ1v) is 6.16. The zero-order valence-electron chi connectivity index (χ0n) is 10.9. The van der Waals surface area contributed by atoms with E-state index in [2.05, 4.69) is 5.32 Å². The maximum Gasteiger partial charge on any atom is 0.303 e. The van der Waals surface area contributed by atoms with E-state index in [1.165, 1.54) is 0 Å². The van der Waals surface area contributed by atoms with E-state index in [0.29, 0.717) is 12.8 Å². The molecule has 4 N–H and O–H groups in total. The molecular formula is C12H24N2O3. The highest BCUT2D eigenvalue weighted by Crippen LogP contribution is 2.06. The van der Waals surface area contributed by atoms with Crippen molar-refractivity contribution < 1.29 is 14.7 Å². The van der Waals surface area contributed by atoms with Gasteiger partial charge in [0.2, 0.25) is 5.91 Å². The lowest BCUT2D eigenvalue weighted by molar-refractivity contribution is -0.137. The third-order valence-electron chi connectivity index (χ3n) is 2.98. The maximum absolute atomic E-state index is 11.7. The zero-order chi connectivity index (χ0) is 13.4. The second kappa shape index (κ2) is 8.06. The summed E-state index contributed by atoms with van der Waals surface area (Å²) in [5.41, 5.74) is 5.79. The van der Waals surface area contributed by atoms with Gasteiger partial charge in [-0.3, -0.25) is 9.59 Å². The standard InChI is InChI=1S/C12H24N2O3/c1-4-8(2)11(13)12(17)14-9(3)6-5-7-10(15)16/h8-9,11H,4-7,13H2,1-3H3,(H,14,17)(H,15,16). The summed E-state index contributed by atoms with van der Waals surface area (Å²) in [6.07, 6.45) is 2.22. The normalized spacial score (nSPS) is 16.0. The first kappa shape index (κ1) is 15.9. The van der Waals surface area contributed by atoms with E-state index in [9.17, 15) is 9.59 Å². The molecule has 1 amide bonds. The van der Waals surface area contributed by atoms with Crippen LogP contribution in [0.4, 0.5) is 0 Å². The van der Waals surface area contributed by atoms with Crippen LogP contribution in [-0.2, 0) is 9.59 Å². The lowest BCUT2D eigenvalue weighted by atomic mass is 9.99. The number of carboxylic acids is 1. The average molecular weight is 244 g/mol. The van der Waals surface area contributed by atoms with Crippen molar-refractivity contribution >= 4 is 11.9 Å². The van der Waals surface area contributed by atoms with E-state index in [1.54, 1.807) is 0 Å². The molecule has 3 unspecified atom stereocenters. The van der Waals surface area contributed by atoms with Crippen LogP contribution >= 0.6 is 0 Å². The predicted octanol–water partition coefficient (Wildman–Crippen LogP) is 1.12. The summed E-state index contributed by atoms with van der Waals surface area (Å²) in [7, 11) is 0. The summed E-state index contributed by atoms with van der Waals surface area (Å²) in [4.78, 5) is 22.0. The molecule has 0 bridgehead atoms. The monoisotopic (exact) mass is 244 g/mol. The zero-order valence-corrected chi connectivity index (χ0v) is 10.9. The maximum atomic E-state index is 11.7. The molecule has 17 heavy (non-hydrogen) atoms. The summed E-state index contributed by atoms with van der Waals surface area (Å²) in [5.74, 6) is -0.803. The molecule has 5 heteroatoms. The van der Waals surface area contributed by atoms with Gasteiger partial charge in [-0.05, 0) is 25.7 Å². The lowest BCUT2D eigenvalue weighted by Gasteiger charge is -2.20. The van der Waals surface area contributed by atoms with Gasteiger partial charge in [0, 0.05) is 12.5 Å². The minimum atomic E-state index is -0.806. The smallest absolute Gasteiger partial charge is 0.303 e. The van der Waals surface area contributed by atoms with Crippen LogP contribution < -0.4 is 11.1 Å². The molecule has 0 aromatic carbocycles. The van der Waals surface area contributed by atoms with Gasteiger partial charge in [-0.1, -0.05) is 20.3 Å². The summed E-state index contributed by atoms with van der Waals surface area (Å²) in [6, 6.07) is -0.515. The molecule has 0 aliphatic carbocycles. The van der Waals surface area contributed by atoms with Gasteiger partial charge in [-0.2, -0.15) is 0 Å². The van der Waals surface area contributed by atoms with Crippen molar-refractivity contribution in [2.75, 3.05) is 0 Å².